The van der Waals surface area contributed by atoms with Crippen LogP contribution < -0.4 is 5.32 Å². The summed E-state index contributed by atoms with van der Waals surface area (Å²) in [6, 6.07) is 16.6. The number of aromatic nitrogens is 4. The van der Waals surface area contributed by atoms with Crippen LogP contribution in [0.25, 0.3) is 10.8 Å². The van der Waals surface area contributed by atoms with E-state index in [0.717, 1.165) is 27.1 Å². The third-order valence-corrected chi connectivity index (χ3v) is 4.69. The van der Waals surface area contributed by atoms with Gasteiger partial charge in [-0.25, -0.2) is 0 Å². The minimum atomic E-state index is -4.55. The van der Waals surface area contributed by atoms with Crippen LogP contribution in [0, 0.1) is 6.92 Å². The Labute approximate surface area is 169 Å². The third-order valence-electron chi connectivity index (χ3n) is 4.69. The summed E-state index contributed by atoms with van der Waals surface area (Å²) in [5, 5.41) is 12.6. The van der Waals surface area contributed by atoms with Gasteiger partial charge in [-0.05, 0) is 29.3 Å². The molecule has 1 amide bonds. The largest absolute Gasteiger partial charge is 0.435 e. The predicted molar refractivity (Wildman–Crippen MR) is 106 cm³/mol. The summed E-state index contributed by atoms with van der Waals surface area (Å²) < 4.78 is 41.0. The fourth-order valence-electron chi connectivity index (χ4n) is 3.25. The van der Waals surface area contributed by atoms with E-state index in [2.05, 4.69) is 15.5 Å². The predicted octanol–water partition coefficient (Wildman–Crippen LogP) is 4.25. The van der Waals surface area contributed by atoms with Crippen LogP contribution in [-0.2, 0) is 24.1 Å². The minimum Gasteiger partial charge on any atom is -0.308 e. The Kier molecular flexibility index (Phi) is 5.03. The molecule has 0 radical (unpaired) electrons. The average molecular weight is 413 g/mol. The number of alkyl halides is 3. The van der Waals surface area contributed by atoms with Crippen molar-refractivity contribution in [3.63, 3.8) is 0 Å². The molecule has 0 unspecified atom stereocenters. The maximum atomic E-state index is 12.8. The van der Waals surface area contributed by atoms with E-state index in [1.54, 1.807) is 16.9 Å². The van der Waals surface area contributed by atoms with Gasteiger partial charge in [0.05, 0.1) is 6.54 Å². The van der Waals surface area contributed by atoms with Crippen LogP contribution in [0.5, 0.6) is 0 Å². The number of nitrogens with zero attached hydrogens (tertiary/aromatic N) is 4. The van der Waals surface area contributed by atoms with Crippen molar-refractivity contribution in [1.82, 2.24) is 19.6 Å². The zero-order valence-electron chi connectivity index (χ0n) is 16.0. The van der Waals surface area contributed by atoms with Gasteiger partial charge in [-0.2, -0.15) is 23.4 Å². The van der Waals surface area contributed by atoms with Crippen molar-refractivity contribution in [2.75, 3.05) is 5.32 Å². The fraction of sp³-hybridized carbons (Fsp3) is 0.190. The van der Waals surface area contributed by atoms with Gasteiger partial charge in [-0.15, -0.1) is 0 Å². The van der Waals surface area contributed by atoms with E-state index in [-0.39, 0.29) is 12.2 Å². The molecule has 0 saturated carbocycles. The summed E-state index contributed by atoms with van der Waals surface area (Å²) in [6.45, 7) is 1.65. The molecule has 1 N–H and O–H groups in total. The number of benzene rings is 2. The van der Waals surface area contributed by atoms with Crippen molar-refractivity contribution in [1.29, 1.82) is 0 Å². The lowest BCUT2D eigenvalue weighted by Gasteiger charge is -2.07. The maximum Gasteiger partial charge on any atom is 0.435 e. The number of halogens is 3. The van der Waals surface area contributed by atoms with Gasteiger partial charge in [0.1, 0.15) is 6.54 Å². The zero-order valence-corrected chi connectivity index (χ0v) is 16.0. The molecule has 0 spiro atoms. The molecule has 2 aromatic heterocycles. The summed E-state index contributed by atoms with van der Waals surface area (Å²) in [4.78, 5) is 12.2. The molecule has 4 aromatic rings. The second kappa shape index (κ2) is 7.66. The van der Waals surface area contributed by atoms with Crippen LogP contribution in [-0.4, -0.2) is 25.5 Å². The lowest BCUT2D eigenvalue weighted by Crippen LogP contribution is -2.21. The number of carbonyl (C=O) groups excluding carboxylic acids is 1. The third kappa shape index (κ3) is 4.19. The molecule has 154 valence electrons. The number of carbonyl (C=O) groups is 1. The number of fused-ring (bicyclic) bond motifs is 1. The lowest BCUT2D eigenvalue weighted by atomic mass is 10.0. The zero-order chi connectivity index (χ0) is 21.3. The molecule has 0 aliphatic carbocycles. The first kappa shape index (κ1) is 19.7. The molecule has 4 rings (SSSR count). The Morgan fingerprint density at radius 3 is 2.60 bits per heavy atom. The fourth-order valence-corrected chi connectivity index (χ4v) is 3.25. The standard InChI is InChI=1S/C21H18F3N5O/c1-14-11-18(21(22,23)24)26-29(14)13-20(30)25-19-9-10-28(27-19)12-16-7-4-6-15-5-2-3-8-17(15)16/h2-11H,12-13H2,1H3,(H,25,27,30). The number of rotatable bonds is 5. The normalized spacial score (nSPS) is 11.7. The first-order chi connectivity index (χ1) is 14.3. The highest BCUT2D eigenvalue weighted by Crippen LogP contribution is 2.28. The van der Waals surface area contributed by atoms with Crippen molar-refractivity contribution < 1.29 is 18.0 Å². The molecular formula is C21H18F3N5O. The van der Waals surface area contributed by atoms with Crippen LogP contribution in [0.1, 0.15) is 17.0 Å². The van der Waals surface area contributed by atoms with Crippen LogP contribution in [0.2, 0.25) is 0 Å². The van der Waals surface area contributed by atoms with Crippen LogP contribution in [0.3, 0.4) is 0 Å². The van der Waals surface area contributed by atoms with Crippen molar-refractivity contribution >= 4 is 22.5 Å². The second-order valence-corrected chi connectivity index (χ2v) is 6.91. The van der Waals surface area contributed by atoms with E-state index < -0.39 is 17.8 Å². The van der Waals surface area contributed by atoms with Crippen molar-refractivity contribution in [3.8, 4) is 0 Å². The van der Waals surface area contributed by atoms with E-state index in [1.165, 1.54) is 6.92 Å². The number of anilines is 1. The first-order valence-electron chi connectivity index (χ1n) is 9.21. The van der Waals surface area contributed by atoms with E-state index in [1.807, 2.05) is 42.5 Å². The lowest BCUT2D eigenvalue weighted by molar-refractivity contribution is -0.141. The molecule has 0 saturated heterocycles. The van der Waals surface area contributed by atoms with Crippen molar-refractivity contribution in [2.45, 2.75) is 26.2 Å². The highest BCUT2D eigenvalue weighted by molar-refractivity contribution is 5.89. The molecule has 2 aromatic carbocycles. The molecule has 0 fully saturated rings. The Hall–Kier alpha value is -3.62. The summed E-state index contributed by atoms with van der Waals surface area (Å²) in [6.07, 6.45) is -2.81. The summed E-state index contributed by atoms with van der Waals surface area (Å²) >= 11 is 0. The molecular weight excluding hydrogens is 395 g/mol. The van der Waals surface area contributed by atoms with E-state index >= 15 is 0 Å². The van der Waals surface area contributed by atoms with Crippen LogP contribution >= 0.6 is 0 Å². The van der Waals surface area contributed by atoms with Gasteiger partial charge in [-0.3, -0.25) is 14.2 Å². The minimum absolute atomic E-state index is 0.249. The van der Waals surface area contributed by atoms with Gasteiger partial charge in [0.2, 0.25) is 5.91 Å². The summed E-state index contributed by atoms with van der Waals surface area (Å²) in [5.74, 6) is -0.188. The monoisotopic (exact) mass is 413 g/mol. The Morgan fingerprint density at radius 2 is 1.83 bits per heavy atom. The van der Waals surface area contributed by atoms with E-state index in [0.29, 0.717) is 12.4 Å². The number of aryl methyl sites for hydroxylation is 1. The Balaban J connectivity index is 1.43. The van der Waals surface area contributed by atoms with Gasteiger partial charge < -0.3 is 5.32 Å². The Morgan fingerprint density at radius 1 is 1.07 bits per heavy atom. The van der Waals surface area contributed by atoms with Gasteiger partial charge in [-0.1, -0.05) is 42.5 Å². The molecule has 30 heavy (non-hydrogen) atoms. The quantitative estimate of drug-likeness (QED) is 0.532. The SMILES string of the molecule is Cc1cc(C(F)(F)F)nn1CC(=O)Nc1ccn(Cc2cccc3ccccc23)n1. The van der Waals surface area contributed by atoms with Gasteiger partial charge >= 0.3 is 6.18 Å². The van der Waals surface area contributed by atoms with Gasteiger partial charge in [0, 0.05) is 18.0 Å². The topological polar surface area (TPSA) is 64.7 Å². The van der Waals surface area contributed by atoms with Gasteiger partial charge in [0.15, 0.2) is 11.5 Å². The second-order valence-electron chi connectivity index (χ2n) is 6.91. The van der Waals surface area contributed by atoms with Gasteiger partial charge in [0.25, 0.3) is 0 Å². The molecule has 0 aliphatic rings. The molecule has 0 atom stereocenters. The molecule has 9 heteroatoms. The molecule has 0 aliphatic heterocycles. The Bertz CT molecular complexity index is 1200. The number of hydrogen-bond donors (Lipinski definition) is 1. The number of amides is 1. The molecule has 2 heterocycles. The number of hydrogen-bond acceptors (Lipinski definition) is 3. The van der Waals surface area contributed by atoms with E-state index in [9.17, 15) is 18.0 Å². The molecule has 0 bridgehead atoms. The highest BCUT2D eigenvalue weighted by Gasteiger charge is 2.34. The van der Waals surface area contributed by atoms with E-state index in [4.69, 9.17) is 0 Å². The van der Waals surface area contributed by atoms with Crippen molar-refractivity contribution in [2.24, 2.45) is 0 Å². The van der Waals surface area contributed by atoms with Crippen LogP contribution in [0.4, 0.5) is 19.0 Å². The summed E-state index contributed by atoms with van der Waals surface area (Å²) in [5.41, 5.74) is 0.312. The van der Waals surface area contributed by atoms with Crippen molar-refractivity contribution in [3.05, 3.63) is 77.7 Å². The highest BCUT2D eigenvalue weighted by atomic mass is 19.4. The average Bonchev–Trinajstić information content (AvgIpc) is 3.28. The first-order valence-corrected chi connectivity index (χ1v) is 9.21. The maximum absolute atomic E-state index is 12.8. The van der Waals surface area contributed by atoms with Crippen LogP contribution in [0.15, 0.2) is 60.8 Å². The molecule has 6 nitrogen and oxygen atoms in total. The smallest absolute Gasteiger partial charge is 0.308 e. The number of nitrogens with one attached hydrogen (secondary N) is 1. The summed E-state index contributed by atoms with van der Waals surface area (Å²) in [7, 11) is 0.